The zero-order valence-corrected chi connectivity index (χ0v) is 16.6. The van der Waals surface area contributed by atoms with E-state index in [-0.39, 0.29) is 17.3 Å². The standard InChI is InChI=1S/C20H22N2O5S/c1-12(23)28-18(19(25)22-9-5-8-16(22)20(26)27)10-17(24)14-11-21(2)15-7-4-3-6-13(14)15/h3-4,6-7,11,16,18H,5,8-10H2,1-2H3,(H,26,27)/t16-,18?/m0/s1. The topological polar surface area (TPSA) is 96.7 Å². The van der Waals surface area contributed by atoms with Crippen molar-refractivity contribution in [3.63, 3.8) is 0 Å². The average molecular weight is 402 g/mol. The van der Waals surface area contributed by atoms with E-state index in [1.807, 2.05) is 35.9 Å². The number of amides is 1. The molecule has 0 spiro atoms. The fourth-order valence-electron chi connectivity index (χ4n) is 3.69. The van der Waals surface area contributed by atoms with Crippen molar-refractivity contribution in [3.8, 4) is 0 Å². The van der Waals surface area contributed by atoms with Crippen molar-refractivity contribution in [2.45, 2.75) is 37.5 Å². The van der Waals surface area contributed by atoms with Gasteiger partial charge in [0.15, 0.2) is 10.9 Å². The van der Waals surface area contributed by atoms with Crippen LogP contribution in [0.3, 0.4) is 0 Å². The van der Waals surface area contributed by atoms with Gasteiger partial charge in [0.2, 0.25) is 5.91 Å². The molecule has 8 heteroatoms. The number of hydrogen-bond acceptors (Lipinski definition) is 5. The second-order valence-corrected chi connectivity index (χ2v) is 8.30. The highest BCUT2D eigenvalue weighted by Gasteiger charge is 2.38. The number of aliphatic carboxylic acids is 1. The number of fused-ring (bicyclic) bond motifs is 1. The first-order valence-corrected chi connectivity index (χ1v) is 9.95. The Morgan fingerprint density at radius 1 is 1.25 bits per heavy atom. The molecule has 1 aliphatic rings. The van der Waals surface area contributed by atoms with E-state index in [1.165, 1.54) is 11.8 Å². The summed E-state index contributed by atoms with van der Waals surface area (Å²) in [7, 11) is 1.84. The van der Waals surface area contributed by atoms with Crippen molar-refractivity contribution < 1.29 is 24.3 Å². The maximum absolute atomic E-state index is 13.0. The number of nitrogens with zero attached hydrogens (tertiary/aromatic N) is 2. The monoisotopic (exact) mass is 402 g/mol. The molecule has 7 nitrogen and oxygen atoms in total. The van der Waals surface area contributed by atoms with E-state index in [1.54, 1.807) is 6.20 Å². The Hall–Kier alpha value is -2.61. The summed E-state index contributed by atoms with van der Waals surface area (Å²) in [6.07, 6.45) is 2.55. The molecule has 148 valence electrons. The number of carbonyl (C=O) groups is 4. The number of ketones is 1. The van der Waals surface area contributed by atoms with Gasteiger partial charge in [-0.1, -0.05) is 30.0 Å². The van der Waals surface area contributed by atoms with E-state index < -0.39 is 23.2 Å². The van der Waals surface area contributed by atoms with Gasteiger partial charge in [-0.25, -0.2) is 4.79 Å². The number of thioether (sulfide) groups is 1. The number of rotatable bonds is 6. The first-order chi connectivity index (χ1) is 13.3. The van der Waals surface area contributed by atoms with E-state index in [0.29, 0.717) is 24.9 Å². The molecule has 2 aromatic rings. The highest BCUT2D eigenvalue weighted by atomic mass is 32.2. The molecule has 1 saturated heterocycles. The smallest absolute Gasteiger partial charge is 0.326 e. The predicted octanol–water partition coefficient (Wildman–Crippen LogP) is 2.48. The van der Waals surface area contributed by atoms with Gasteiger partial charge in [-0.15, -0.1) is 0 Å². The van der Waals surface area contributed by atoms with Crippen LogP contribution in [0.25, 0.3) is 10.9 Å². The zero-order chi connectivity index (χ0) is 20.4. The third kappa shape index (κ3) is 3.96. The van der Waals surface area contributed by atoms with Crippen LogP contribution in [0, 0.1) is 0 Å². The maximum atomic E-state index is 13.0. The lowest BCUT2D eigenvalue weighted by atomic mass is 10.0. The molecule has 0 saturated carbocycles. The Balaban J connectivity index is 1.86. The Morgan fingerprint density at radius 3 is 2.64 bits per heavy atom. The Morgan fingerprint density at radius 2 is 1.96 bits per heavy atom. The lowest BCUT2D eigenvalue weighted by Gasteiger charge is -2.25. The normalized spacial score (nSPS) is 17.6. The van der Waals surface area contributed by atoms with E-state index >= 15 is 0 Å². The van der Waals surface area contributed by atoms with E-state index in [4.69, 9.17) is 0 Å². The minimum atomic E-state index is -1.06. The summed E-state index contributed by atoms with van der Waals surface area (Å²) in [6.45, 7) is 1.67. The summed E-state index contributed by atoms with van der Waals surface area (Å²) < 4.78 is 1.85. The molecule has 1 aromatic carbocycles. The summed E-state index contributed by atoms with van der Waals surface area (Å²) in [5.74, 6) is -1.76. The third-order valence-corrected chi connectivity index (χ3v) is 5.96. The van der Waals surface area contributed by atoms with Crippen LogP contribution in [0.4, 0.5) is 0 Å². The fourth-order valence-corrected chi connectivity index (χ4v) is 4.57. The molecule has 0 aliphatic carbocycles. The van der Waals surface area contributed by atoms with Crippen LogP contribution in [-0.4, -0.2) is 55.2 Å². The first-order valence-electron chi connectivity index (χ1n) is 9.07. The van der Waals surface area contributed by atoms with Gasteiger partial charge in [-0.05, 0) is 18.9 Å². The molecule has 2 atom stereocenters. The van der Waals surface area contributed by atoms with E-state index in [2.05, 4.69) is 0 Å². The van der Waals surface area contributed by atoms with Crippen LogP contribution in [0.1, 0.15) is 36.5 Å². The highest BCUT2D eigenvalue weighted by Crippen LogP contribution is 2.28. The quantitative estimate of drug-likeness (QED) is 0.746. The van der Waals surface area contributed by atoms with Crippen LogP contribution >= 0.6 is 11.8 Å². The molecular weight excluding hydrogens is 380 g/mol. The van der Waals surface area contributed by atoms with E-state index in [0.717, 1.165) is 22.7 Å². The van der Waals surface area contributed by atoms with E-state index in [9.17, 15) is 24.3 Å². The summed E-state index contributed by atoms with van der Waals surface area (Å²) in [5.41, 5.74) is 1.40. The second kappa shape index (κ2) is 8.18. The first kappa shape index (κ1) is 20.1. The van der Waals surface area contributed by atoms with Crippen molar-refractivity contribution in [2.75, 3.05) is 6.54 Å². The Labute approximate surface area is 166 Å². The van der Waals surface area contributed by atoms with Gasteiger partial charge in [-0.3, -0.25) is 14.4 Å². The average Bonchev–Trinajstić information content (AvgIpc) is 3.26. The Kier molecular flexibility index (Phi) is 5.88. The summed E-state index contributed by atoms with van der Waals surface area (Å²) >= 11 is 0.793. The number of carboxylic acid groups (broad SMARTS) is 1. The van der Waals surface area contributed by atoms with Crippen molar-refractivity contribution in [1.82, 2.24) is 9.47 Å². The minimum absolute atomic E-state index is 0.153. The van der Waals surface area contributed by atoms with Crippen molar-refractivity contribution in [2.24, 2.45) is 7.05 Å². The largest absolute Gasteiger partial charge is 0.480 e. The number of carboxylic acids is 1. The number of likely N-dealkylation sites (tertiary alicyclic amines) is 1. The summed E-state index contributed by atoms with van der Waals surface area (Å²) in [5, 5.41) is 8.92. The molecule has 1 N–H and O–H groups in total. The van der Waals surface area contributed by atoms with Gasteiger partial charge >= 0.3 is 5.97 Å². The van der Waals surface area contributed by atoms with Crippen molar-refractivity contribution in [3.05, 3.63) is 36.0 Å². The van der Waals surface area contributed by atoms with Gasteiger partial charge < -0.3 is 14.6 Å². The number of aryl methyl sites for hydroxylation is 1. The molecule has 3 rings (SSSR count). The molecule has 28 heavy (non-hydrogen) atoms. The van der Waals surface area contributed by atoms with Gasteiger partial charge in [-0.2, -0.15) is 0 Å². The maximum Gasteiger partial charge on any atom is 0.326 e. The number of hydrogen-bond donors (Lipinski definition) is 1. The van der Waals surface area contributed by atoms with Crippen LogP contribution in [0.15, 0.2) is 30.5 Å². The second-order valence-electron chi connectivity index (χ2n) is 6.92. The fraction of sp³-hybridized carbons (Fsp3) is 0.400. The SMILES string of the molecule is CC(=O)SC(CC(=O)c1cn(C)c2ccccc12)C(=O)N1CCC[C@H]1C(=O)O. The number of carbonyl (C=O) groups excluding carboxylic acids is 3. The minimum Gasteiger partial charge on any atom is -0.480 e. The van der Waals surface area contributed by atoms with Gasteiger partial charge in [0.05, 0.1) is 5.25 Å². The van der Waals surface area contributed by atoms with Gasteiger partial charge in [0, 0.05) is 49.6 Å². The predicted molar refractivity (Wildman–Crippen MR) is 106 cm³/mol. The lowest BCUT2D eigenvalue weighted by Crippen LogP contribution is -2.45. The lowest BCUT2D eigenvalue weighted by molar-refractivity contribution is -0.148. The molecule has 0 radical (unpaired) electrons. The molecule has 1 fully saturated rings. The number of aromatic nitrogens is 1. The number of benzene rings is 1. The molecule has 0 bridgehead atoms. The van der Waals surface area contributed by atoms with Crippen LogP contribution in [-0.2, 0) is 21.4 Å². The molecular formula is C20H22N2O5S. The van der Waals surface area contributed by atoms with Crippen LogP contribution in [0.2, 0.25) is 0 Å². The molecule has 1 amide bonds. The number of para-hydroxylation sites is 1. The van der Waals surface area contributed by atoms with Crippen LogP contribution in [0.5, 0.6) is 0 Å². The molecule has 1 unspecified atom stereocenters. The summed E-state index contributed by atoms with van der Waals surface area (Å²) in [4.78, 5) is 50.3. The molecule has 2 heterocycles. The molecule has 1 aliphatic heterocycles. The Bertz CT molecular complexity index is 951. The zero-order valence-electron chi connectivity index (χ0n) is 15.8. The van der Waals surface area contributed by atoms with Gasteiger partial charge in [0.1, 0.15) is 6.04 Å². The highest BCUT2D eigenvalue weighted by molar-refractivity contribution is 8.14. The van der Waals surface area contributed by atoms with Crippen molar-refractivity contribution in [1.29, 1.82) is 0 Å². The third-order valence-electron chi connectivity index (χ3n) is 4.97. The van der Waals surface area contributed by atoms with Gasteiger partial charge in [0.25, 0.3) is 0 Å². The number of Topliss-reactive ketones (excluding diaryl/α,β-unsaturated/α-hetero) is 1. The molecule has 1 aromatic heterocycles. The van der Waals surface area contributed by atoms with Crippen LogP contribution < -0.4 is 0 Å². The van der Waals surface area contributed by atoms with Crippen molar-refractivity contribution >= 4 is 45.4 Å². The summed E-state index contributed by atoms with van der Waals surface area (Å²) in [6, 6.07) is 6.58.